The zero-order valence-electron chi connectivity index (χ0n) is 10.5. The van der Waals surface area contributed by atoms with Crippen LogP contribution in [0.25, 0.3) is 0 Å². The van der Waals surface area contributed by atoms with Crippen molar-refractivity contribution in [2.45, 2.75) is 32.4 Å². The molecule has 2 rings (SSSR count). The van der Waals surface area contributed by atoms with E-state index in [1.807, 2.05) is 0 Å². The highest BCUT2D eigenvalue weighted by molar-refractivity contribution is 5.93. The van der Waals surface area contributed by atoms with Crippen molar-refractivity contribution in [1.29, 1.82) is 0 Å². The third-order valence-electron chi connectivity index (χ3n) is 2.83. The molecule has 2 aliphatic heterocycles. The van der Waals surface area contributed by atoms with Gasteiger partial charge in [0.2, 0.25) is 0 Å². The number of rotatable bonds is 0. The van der Waals surface area contributed by atoms with Crippen molar-refractivity contribution in [3.8, 4) is 0 Å². The lowest BCUT2D eigenvalue weighted by molar-refractivity contribution is 0.0346. The van der Waals surface area contributed by atoms with Gasteiger partial charge >= 0.3 is 12.1 Å². The number of piperazine rings is 1. The molecule has 2 heterocycles. The Bertz CT molecular complexity index is 337. The summed E-state index contributed by atoms with van der Waals surface area (Å²) in [6, 6.07) is -0.144. The van der Waals surface area contributed by atoms with Crippen LogP contribution in [0.2, 0.25) is 0 Å². The van der Waals surface area contributed by atoms with Crippen LogP contribution in [-0.2, 0) is 4.74 Å². The van der Waals surface area contributed by atoms with Gasteiger partial charge in [-0.1, -0.05) is 0 Å². The molecule has 1 N–H and O–H groups in total. The molecule has 0 saturated carbocycles. The highest BCUT2D eigenvalue weighted by atomic mass is 16.6. The second-order valence-corrected chi connectivity index (χ2v) is 5.42. The third-order valence-corrected chi connectivity index (χ3v) is 2.83. The second-order valence-electron chi connectivity index (χ2n) is 5.42. The monoisotopic (exact) mass is 241 g/mol. The maximum atomic E-state index is 12.0. The third kappa shape index (κ3) is 2.52. The van der Waals surface area contributed by atoms with E-state index in [2.05, 4.69) is 5.32 Å². The number of amides is 3. The highest BCUT2D eigenvalue weighted by Crippen LogP contribution is 2.20. The van der Waals surface area contributed by atoms with Crippen LogP contribution in [0.3, 0.4) is 0 Å². The Morgan fingerprint density at radius 3 is 2.76 bits per heavy atom. The molecule has 1 atom stereocenters. The Hall–Kier alpha value is -1.30. The summed E-state index contributed by atoms with van der Waals surface area (Å²) >= 11 is 0. The van der Waals surface area contributed by atoms with Crippen LogP contribution in [-0.4, -0.2) is 59.7 Å². The predicted molar refractivity (Wildman–Crippen MR) is 61.7 cm³/mol. The van der Waals surface area contributed by atoms with Gasteiger partial charge in [0.25, 0.3) is 0 Å². The number of ether oxygens (including phenoxy) is 1. The summed E-state index contributed by atoms with van der Waals surface area (Å²) in [6.07, 6.45) is -0.545. The molecule has 0 aromatic heterocycles. The first-order valence-corrected chi connectivity index (χ1v) is 5.90. The van der Waals surface area contributed by atoms with Crippen LogP contribution in [0, 0.1) is 0 Å². The second kappa shape index (κ2) is 4.18. The van der Waals surface area contributed by atoms with E-state index < -0.39 is 11.7 Å². The molecule has 17 heavy (non-hydrogen) atoms. The summed E-state index contributed by atoms with van der Waals surface area (Å²) in [5.74, 6) is 0. The molecule has 0 unspecified atom stereocenters. The molecule has 96 valence electrons. The maximum absolute atomic E-state index is 12.0. The summed E-state index contributed by atoms with van der Waals surface area (Å²) in [4.78, 5) is 26.8. The van der Waals surface area contributed by atoms with Crippen LogP contribution in [0.4, 0.5) is 9.59 Å². The van der Waals surface area contributed by atoms with Gasteiger partial charge in [-0.2, -0.15) is 0 Å². The number of nitrogens with one attached hydrogen (secondary N) is 1. The van der Waals surface area contributed by atoms with Gasteiger partial charge < -0.3 is 15.0 Å². The van der Waals surface area contributed by atoms with Crippen molar-refractivity contribution >= 4 is 12.1 Å². The van der Waals surface area contributed by atoms with Gasteiger partial charge in [-0.3, -0.25) is 0 Å². The summed E-state index contributed by atoms with van der Waals surface area (Å²) in [5.41, 5.74) is -0.571. The van der Waals surface area contributed by atoms with Crippen molar-refractivity contribution in [2.24, 2.45) is 0 Å². The fourth-order valence-corrected chi connectivity index (χ4v) is 2.09. The van der Waals surface area contributed by atoms with Crippen molar-refractivity contribution in [3.63, 3.8) is 0 Å². The van der Waals surface area contributed by atoms with Gasteiger partial charge in [0.1, 0.15) is 5.60 Å². The van der Waals surface area contributed by atoms with E-state index in [1.165, 1.54) is 4.90 Å². The quantitative estimate of drug-likeness (QED) is 0.675. The van der Waals surface area contributed by atoms with E-state index in [0.29, 0.717) is 13.1 Å². The molecule has 0 aliphatic carbocycles. The molecule has 0 spiro atoms. The molecule has 0 radical (unpaired) electrons. The largest absolute Gasteiger partial charge is 0.443 e. The average Bonchev–Trinajstić information content (AvgIpc) is 2.55. The van der Waals surface area contributed by atoms with E-state index in [-0.39, 0.29) is 12.1 Å². The van der Waals surface area contributed by atoms with Crippen LogP contribution in [0.15, 0.2) is 0 Å². The fraction of sp³-hybridized carbons (Fsp3) is 0.818. The van der Waals surface area contributed by atoms with Crippen LogP contribution >= 0.6 is 0 Å². The molecule has 3 amide bonds. The molecular weight excluding hydrogens is 222 g/mol. The van der Waals surface area contributed by atoms with Gasteiger partial charge in [-0.25, -0.2) is 14.5 Å². The van der Waals surface area contributed by atoms with Crippen LogP contribution in [0.5, 0.6) is 0 Å². The van der Waals surface area contributed by atoms with Crippen molar-refractivity contribution in [2.75, 3.05) is 26.2 Å². The first kappa shape index (κ1) is 12.2. The van der Waals surface area contributed by atoms with E-state index in [9.17, 15) is 9.59 Å². The lowest BCUT2D eigenvalue weighted by Gasteiger charge is -2.28. The molecule has 6 nitrogen and oxygen atoms in total. The number of carbonyl (C=O) groups is 2. The van der Waals surface area contributed by atoms with Crippen molar-refractivity contribution in [3.05, 3.63) is 0 Å². The molecule has 2 fully saturated rings. The summed E-state index contributed by atoms with van der Waals surface area (Å²) in [7, 11) is 0. The van der Waals surface area contributed by atoms with Crippen molar-refractivity contribution < 1.29 is 14.3 Å². The average molecular weight is 241 g/mol. The highest BCUT2D eigenvalue weighted by Gasteiger charge is 2.42. The first-order valence-electron chi connectivity index (χ1n) is 5.90. The minimum Gasteiger partial charge on any atom is -0.443 e. The molecule has 6 heteroatoms. The number of nitrogens with zero attached hydrogens (tertiary/aromatic N) is 2. The Morgan fingerprint density at radius 2 is 2.18 bits per heavy atom. The molecule has 0 aromatic rings. The SMILES string of the molecule is CC(C)(C)OC(=O)N1C[C@@H]2CNCCN2C1=O. The van der Waals surface area contributed by atoms with Gasteiger partial charge in [0, 0.05) is 19.6 Å². The fourth-order valence-electron chi connectivity index (χ4n) is 2.09. The minimum atomic E-state index is -0.571. The zero-order valence-corrected chi connectivity index (χ0v) is 10.5. The number of hydrogen-bond donors (Lipinski definition) is 1. The Balaban J connectivity index is 2.03. The standard InChI is InChI=1S/C11H19N3O3/c1-11(2,3)17-10(16)14-7-8-6-12-4-5-13(8)9(14)15/h8,12H,4-7H2,1-3H3/t8-/m0/s1. The lowest BCUT2D eigenvalue weighted by Crippen LogP contribution is -2.50. The number of imide groups is 1. The van der Waals surface area contributed by atoms with Crippen molar-refractivity contribution in [1.82, 2.24) is 15.1 Å². The predicted octanol–water partition coefficient (Wildman–Crippen LogP) is 0.631. The molecule has 2 aliphatic rings. The van der Waals surface area contributed by atoms with Crippen LogP contribution < -0.4 is 5.32 Å². The number of hydrogen-bond acceptors (Lipinski definition) is 4. The molecule has 0 bridgehead atoms. The van der Waals surface area contributed by atoms with Gasteiger partial charge in [-0.05, 0) is 20.8 Å². The number of carbonyl (C=O) groups excluding carboxylic acids is 2. The normalized spacial score (nSPS) is 24.9. The zero-order chi connectivity index (χ0) is 12.6. The minimum absolute atomic E-state index is 0.0868. The number of urea groups is 1. The van der Waals surface area contributed by atoms with E-state index >= 15 is 0 Å². The molecule has 0 aromatic carbocycles. The Labute approximate surface area is 101 Å². The Kier molecular flexibility index (Phi) is 2.99. The topological polar surface area (TPSA) is 61.9 Å². The van der Waals surface area contributed by atoms with E-state index in [1.54, 1.807) is 25.7 Å². The maximum Gasteiger partial charge on any atom is 0.418 e. The van der Waals surface area contributed by atoms with Gasteiger partial charge in [0.15, 0.2) is 0 Å². The lowest BCUT2D eigenvalue weighted by atomic mass is 10.2. The first-order chi connectivity index (χ1) is 7.88. The van der Waals surface area contributed by atoms with E-state index in [0.717, 1.165) is 13.1 Å². The summed E-state index contributed by atoms with van der Waals surface area (Å²) in [5, 5.41) is 3.21. The molecular formula is C11H19N3O3. The van der Waals surface area contributed by atoms with E-state index in [4.69, 9.17) is 4.74 Å². The smallest absolute Gasteiger partial charge is 0.418 e. The van der Waals surface area contributed by atoms with Crippen LogP contribution in [0.1, 0.15) is 20.8 Å². The van der Waals surface area contributed by atoms with Gasteiger partial charge in [-0.15, -0.1) is 0 Å². The Morgan fingerprint density at radius 1 is 1.47 bits per heavy atom. The number of fused-ring (bicyclic) bond motifs is 1. The molecule has 2 saturated heterocycles. The van der Waals surface area contributed by atoms with Gasteiger partial charge in [0.05, 0.1) is 12.6 Å². The summed E-state index contributed by atoms with van der Waals surface area (Å²) < 4.78 is 5.22. The summed E-state index contributed by atoms with van der Waals surface area (Å²) in [6.45, 7) is 7.97.